The Balaban J connectivity index is 2.04. The van der Waals surface area contributed by atoms with Gasteiger partial charge in [0.15, 0.2) is 0 Å². The number of amides is 1. The Bertz CT molecular complexity index is 505. The molecular formula is C15H22N2O3S. The van der Waals surface area contributed by atoms with Crippen LogP contribution in [0.25, 0.3) is 0 Å². The quantitative estimate of drug-likeness (QED) is 0.876. The largest absolute Gasteiger partial charge is 0.481 e. The van der Waals surface area contributed by atoms with E-state index >= 15 is 0 Å². The third kappa shape index (κ3) is 3.61. The number of carboxylic acid groups (broad SMARTS) is 1. The van der Waals surface area contributed by atoms with Gasteiger partial charge in [-0.1, -0.05) is 19.3 Å². The lowest BCUT2D eigenvalue weighted by Crippen LogP contribution is -2.45. The maximum Gasteiger partial charge on any atom is 0.310 e. The van der Waals surface area contributed by atoms with E-state index in [1.54, 1.807) is 6.20 Å². The first-order valence-electron chi connectivity index (χ1n) is 7.30. The van der Waals surface area contributed by atoms with Gasteiger partial charge in [0.1, 0.15) is 5.01 Å². The molecule has 0 unspecified atom stereocenters. The van der Waals surface area contributed by atoms with E-state index in [0.717, 1.165) is 24.3 Å². The van der Waals surface area contributed by atoms with Gasteiger partial charge in [-0.2, -0.15) is 0 Å². The number of nitrogens with one attached hydrogen (secondary N) is 1. The SMILES string of the molecule is CC(C)(NC(=O)CC1(C(=O)O)CCCCC1)c1nccs1. The van der Waals surface area contributed by atoms with Gasteiger partial charge in [-0.05, 0) is 26.7 Å². The van der Waals surface area contributed by atoms with Crippen molar-refractivity contribution >= 4 is 23.2 Å². The number of carbonyl (C=O) groups excluding carboxylic acids is 1. The molecular weight excluding hydrogens is 288 g/mol. The van der Waals surface area contributed by atoms with Crippen molar-refractivity contribution in [3.63, 3.8) is 0 Å². The van der Waals surface area contributed by atoms with Gasteiger partial charge < -0.3 is 10.4 Å². The molecule has 116 valence electrons. The molecule has 1 heterocycles. The first kappa shape index (κ1) is 15.9. The summed E-state index contributed by atoms with van der Waals surface area (Å²) in [5, 5.41) is 15.1. The molecule has 0 saturated heterocycles. The smallest absolute Gasteiger partial charge is 0.310 e. The summed E-state index contributed by atoms with van der Waals surface area (Å²) in [6.45, 7) is 3.77. The van der Waals surface area contributed by atoms with Crippen LogP contribution >= 0.6 is 11.3 Å². The molecule has 5 nitrogen and oxygen atoms in total. The van der Waals surface area contributed by atoms with E-state index in [0.29, 0.717) is 12.8 Å². The van der Waals surface area contributed by atoms with E-state index < -0.39 is 16.9 Å². The van der Waals surface area contributed by atoms with Crippen molar-refractivity contribution in [2.24, 2.45) is 5.41 Å². The lowest BCUT2D eigenvalue weighted by Gasteiger charge is -2.34. The maximum atomic E-state index is 12.3. The fourth-order valence-electron chi connectivity index (χ4n) is 2.98. The third-order valence-corrected chi connectivity index (χ3v) is 5.28. The van der Waals surface area contributed by atoms with Crippen LogP contribution in [0.2, 0.25) is 0 Å². The topological polar surface area (TPSA) is 79.3 Å². The second kappa shape index (κ2) is 6.13. The van der Waals surface area contributed by atoms with Crippen LogP contribution < -0.4 is 5.32 Å². The third-order valence-electron chi connectivity index (χ3n) is 4.18. The highest BCUT2D eigenvalue weighted by atomic mass is 32.1. The van der Waals surface area contributed by atoms with Gasteiger partial charge in [-0.25, -0.2) is 4.98 Å². The molecule has 0 atom stereocenters. The van der Waals surface area contributed by atoms with Crippen LogP contribution in [0.5, 0.6) is 0 Å². The van der Waals surface area contributed by atoms with Crippen LogP contribution in [-0.4, -0.2) is 22.0 Å². The number of thiazole rings is 1. The molecule has 6 heteroatoms. The van der Waals surface area contributed by atoms with E-state index in [9.17, 15) is 14.7 Å². The fraction of sp³-hybridized carbons (Fsp3) is 0.667. The number of rotatable bonds is 5. The summed E-state index contributed by atoms with van der Waals surface area (Å²) in [5.41, 5.74) is -1.46. The second-order valence-corrected chi connectivity index (χ2v) is 7.23. The van der Waals surface area contributed by atoms with Crippen molar-refractivity contribution in [2.45, 2.75) is 57.9 Å². The summed E-state index contributed by atoms with van der Waals surface area (Å²) < 4.78 is 0. The molecule has 1 amide bonds. The molecule has 1 aliphatic carbocycles. The Hall–Kier alpha value is -1.43. The summed E-state index contributed by atoms with van der Waals surface area (Å²) >= 11 is 1.48. The predicted molar refractivity (Wildman–Crippen MR) is 81.1 cm³/mol. The van der Waals surface area contributed by atoms with Crippen LogP contribution in [0.15, 0.2) is 11.6 Å². The van der Waals surface area contributed by atoms with Crippen molar-refractivity contribution < 1.29 is 14.7 Å². The molecule has 1 aliphatic rings. The molecule has 1 saturated carbocycles. The number of hydrogen-bond donors (Lipinski definition) is 2. The van der Waals surface area contributed by atoms with Crippen molar-refractivity contribution in [3.05, 3.63) is 16.6 Å². The molecule has 2 N–H and O–H groups in total. The van der Waals surface area contributed by atoms with Gasteiger partial charge in [0, 0.05) is 18.0 Å². The van der Waals surface area contributed by atoms with Crippen LogP contribution in [0.4, 0.5) is 0 Å². The minimum Gasteiger partial charge on any atom is -0.481 e. The van der Waals surface area contributed by atoms with Gasteiger partial charge in [-0.15, -0.1) is 11.3 Å². The van der Waals surface area contributed by atoms with Gasteiger partial charge in [0.25, 0.3) is 0 Å². The van der Waals surface area contributed by atoms with E-state index in [2.05, 4.69) is 10.3 Å². The number of aliphatic carboxylic acids is 1. The Kier molecular flexibility index (Phi) is 4.66. The molecule has 0 bridgehead atoms. The molecule has 1 fully saturated rings. The lowest BCUT2D eigenvalue weighted by molar-refractivity contribution is -0.154. The maximum absolute atomic E-state index is 12.3. The zero-order valence-corrected chi connectivity index (χ0v) is 13.3. The molecule has 0 aliphatic heterocycles. The average molecular weight is 310 g/mol. The summed E-state index contributed by atoms with van der Waals surface area (Å²) in [6, 6.07) is 0. The molecule has 0 aromatic carbocycles. The second-order valence-electron chi connectivity index (χ2n) is 6.33. The van der Waals surface area contributed by atoms with Crippen molar-refractivity contribution in [1.82, 2.24) is 10.3 Å². The van der Waals surface area contributed by atoms with E-state index in [1.165, 1.54) is 11.3 Å². The number of carbonyl (C=O) groups is 2. The highest BCUT2D eigenvalue weighted by Gasteiger charge is 2.42. The van der Waals surface area contributed by atoms with Crippen LogP contribution in [0.3, 0.4) is 0 Å². The Morgan fingerprint density at radius 2 is 2.05 bits per heavy atom. The van der Waals surface area contributed by atoms with Crippen LogP contribution in [0.1, 0.15) is 57.4 Å². The summed E-state index contributed by atoms with van der Waals surface area (Å²) in [7, 11) is 0. The van der Waals surface area contributed by atoms with Crippen LogP contribution in [-0.2, 0) is 15.1 Å². The molecule has 0 radical (unpaired) electrons. The summed E-state index contributed by atoms with van der Waals surface area (Å²) in [6.07, 6.45) is 5.76. The highest BCUT2D eigenvalue weighted by Crippen LogP contribution is 2.40. The van der Waals surface area contributed by atoms with E-state index in [1.807, 2.05) is 19.2 Å². The standard InChI is InChI=1S/C15H22N2O3S/c1-14(2,12-16-8-9-21-12)17-11(18)10-15(13(19)20)6-4-3-5-7-15/h8-9H,3-7,10H2,1-2H3,(H,17,18)(H,19,20). The zero-order chi connectivity index (χ0) is 15.5. The normalized spacial score (nSPS) is 18.2. The molecule has 1 aromatic rings. The van der Waals surface area contributed by atoms with Crippen molar-refractivity contribution in [3.8, 4) is 0 Å². The molecule has 0 spiro atoms. The first-order chi connectivity index (χ1) is 9.86. The average Bonchev–Trinajstić information content (AvgIpc) is 2.93. The molecule has 1 aromatic heterocycles. The molecule has 21 heavy (non-hydrogen) atoms. The minimum absolute atomic E-state index is 0.0527. The Morgan fingerprint density at radius 3 is 2.57 bits per heavy atom. The minimum atomic E-state index is -0.888. The highest BCUT2D eigenvalue weighted by molar-refractivity contribution is 7.09. The number of nitrogens with zero attached hydrogens (tertiary/aromatic N) is 1. The first-order valence-corrected chi connectivity index (χ1v) is 8.18. The molecule has 2 rings (SSSR count). The van der Waals surface area contributed by atoms with Gasteiger partial charge in [-0.3, -0.25) is 9.59 Å². The number of carboxylic acids is 1. The Labute approximate surface area is 128 Å². The van der Waals surface area contributed by atoms with Gasteiger partial charge >= 0.3 is 5.97 Å². The van der Waals surface area contributed by atoms with Gasteiger partial charge in [0.05, 0.1) is 11.0 Å². The number of aromatic nitrogens is 1. The van der Waals surface area contributed by atoms with Gasteiger partial charge in [0.2, 0.25) is 5.91 Å². The van der Waals surface area contributed by atoms with E-state index in [-0.39, 0.29) is 12.3 Å². The van der Waals surface area contributed by atoms with Crippen LogP contribution in [0, 0.1) is 5.41 Å². The van der Waals surface area contributed by atoms with Crippen molar-refractivity contribution in [2.75, 3.05) is 0 Å². The predicted octanol–water partition coefficient (Wildman–Crippen LogP) is 2.92. The summed E-state index contributed by atoms with van der Waals surface area (Å²) in [5.74, 6) is -1.05. The fourth-order valence-corrected chi connectivity index (χ4v) is 3.70. The zero-order valence-electron chi connectivity index (χ0n) is 12.5. The van der Waals surface area contributed by atoms with Crippen molar-refractivity contribution in [1.29, 1.82) is 0 Å². The lowest BCUT2D eigenvalue weighted by atomic mass is 9.71. The monoisotopic (exact) mass is 310 g/mol. The number of hydrogen-bond acceptors (Lipinski definition) is 4. The Morgan fingerprint density at radius 1 is 1.38 bits per heavy atom. The summed E-state index contributed by atoms with van der Waals surface area (Å²) in [4.78, 5) is 28.2. The van der Waals surface area contributed by atoms with E-state index in [4.69, 9.17) is 0 Å².